The molecule has 4 nitrogen and oxygen atoms in total. The number of benzene rings is 2. The standard InChI is InChI=1S/C27H26F2N4/c1-15-20-11-24(28)22(9-17(20)7-8-31-15)23-10-21(25(29)32-26(23)30)16-3-5-18(6-4-16)27-12-19(27)13-33(2)14-27/h3-6,9-11,19,31H,1,7-8,12-14H2,2H3,(H2,30,32)/t19-,27?/m1/s1. The number of nitrogens with zero attached hydrogens (tertiary/aromatic N) is 2. The Morgan fingerprint density at radius 2 is 1.88 bits per heavy atom. The van der Waals surface area contributed by atoms with Crippen molar-refractivity contribution in [2.75, 3.05) is 32.4 Å². The first kappa shape index (κ1) is 20.4. The van der Waals surface area contributed by atoms with Gasteiger partial charge in [0.25, 0.3) is 0 Å². The molecule has 1 saturated heterocycles. The van der Waals surface area contributed by atoms with Gasteiger partial charge in [0.05, 0.1) is 0 Å². The zero-order valence-corrected chi connectivity index (χ0v) is 18.6. The number of hydrogen-bond acceptors (Lipinski definition) is 4. The molecule has 1 saturated carbocycles. The summed E-state index contributed by atoms with van der Waals surface area (Å²) in [6, 6.07) is 13.0. The quantitative estimate of drug-likeness (QED) is 0.580. The van der Waals surface area contributed by atoms with Gasteiger partial charge in [-0.15, -0.1) is 0 Å². The first-order valence-corrected chi connectivity index (χ1v) is 11.4. The minimum absolute atomic E-state index is 0.0202. The minimum atomic E-state index is -0.650. The summed E-state index contributed by atoms with van der Waals surface area (Å²) in [4.78, 5) is 6.31. The van der Waals surface area contributed by atoms with Crippen molar-refractivity contribution < 1.29 is 8.78 Å². The van der Waals surface area contributed by atoms with Gasteiger partial charge in [-0.3, -0.25) is 0 Å². The van der Waals surface area contributed by atoms with Crippen LogP contribution in [-0.2, 0) is 11.8 Å². The molecule has 168 valence electrons. The summed E-state index contributed by atoms with van der Waals surface area (Å²) in [5.41, 5.74) is 11.8. The Balaban J connectivity index is 1.39. The van der Waals surface area contributed by atoms with Crippen molar-refractivity contribution >= 4 is 11.5 Å². The van der Waals surface area contributed by atoms with Crippen molar-refractivity contribution in [3.05, 3.63) is 77.5 Å². The lowest BCUT2D eigenvalue weighted by Crippen LogP contribution is -2.22. The first-order chi connectivity index (χ1) is 15.9. The number of anilines is 1. The van der Waals surface area contributed by atoms with Crippen LogP contribution in [0.2, 0.25) is 0 Å². The average molecular weight is 445 g/mol. The van der Waals surface area contributed by atoms with Crippen LogP contribution in [0.5, 0.6) is 0 Å². The fourth-order valence-electron chi connectivity index (χ4n) is 5.84. The number of piperidine rings is 1. The largest absolute Gasteiger partial charge is 0.385 e. The number of halogens is 2. The number of aromatic nitrogens is 1. The average Bonchev–Trinajstić information content (AvgIpc) is 3.36. The lowest BCUT2D eigenvalue weighted by atomic mass is 9.91. The van der Waals surface area contributed by atoms with Crippen molar-refractivity contribution in [2.45, 2.75) is 18.3 Å². The summed E-state index contributed by atoms with van der Waals surface area (Å²) in [5.74, 6) is -0.381. The zero-order chi connectivity index (χ0) is 22.9. The maximum absolute atomic E-state index is 15.1. The molecule has 0 spiro atoms. The Hall–Kier alpha value is -3.25. The molecule has 3 heterocycles. The van der Waals surface area contributed by atoms with E-state index in [4.69, 9.17) is 5.73 Å². The molecule has 2 atom stereocenters. The third-order valence-corrected chi connectivity index (χ3v) is 7.63. The number of pyridine rings is 1. The second-order valence-electron chi connectivity index (χ2n) is 9.74. The highest BCUT2D eigenvalue weighted by Gasteiger charge is 2.59. The van der Waals surface area contributed by atoms with Crippen LogP contribution in [0.4, 0.5) is 14.6 Å². The third kappa shape index (κ3) is 3.16. The van der Waals surface area contributed by atoms with Crippen molar-refractivity contribution in [1.29, 1.82) is 0 Å². The molecule has 2 aliphatic heterocycles. The molecule has 6 rings (SSSR count). The van der Waals surface area contributed by atoms with E-state index in [0.29, 0.717) is 33.9 Å². The van der Waals surface area contributed by atoms with Gasteiger partial charge in [-0.2, -0.15) is 4.39 Å². The molecule has 0 amide bonds. The van der Waals surface area contributed by atoms with E-state index in [-0.39, 0.29) is 11.2 Å². The van der Waals surface area contributed by atoms with E-state index in [0.717, 1.165) is 37.2 Å². The second-order valence-corrected chi connectivity index (χ2v) is 9.74. The summed E-state index contributed by atoms with van der Waals surface area (Å²) >= 11 is 0. The molecule has 2 fully saturated rings. The van der Waals surface area contributed by atoms with Crippen molar-refractivity contribution in [2.24, 2.45) is 5.92 Å². The number of nitrogens with two attached hydrogens (primary N) is 1. The third-order valence-electron chi connectivity index (χ3n) is 7.63. The Kier molecular flexibility index (Phi) is 4.40. The van der Waals surface area contributed by atoms with E-state index in [2.05, 4.69) is 41.0 Å². The molecule has 1 aromatic heterocycles. The van der Waals surface area contributed by atoms with E-state index in [1.54, 1.807) is 12.1 Å². The predicted molar refractivity (Wildman–Crippen MR) is 127 cm³/mol. The van der Waals surface area contributed by atoms with Gasteiger partial charge in [-0.05, 0) is 60.7 Å². The molecule has 0 bridgehead atoms. The Bertz CT molecular complexity index is 1300. The molecule has 1 aliphatic carbocycles. The number of fused-ring (bicyclic) bond motifs is 2. The van der Waals surface area contributed by atoms with Crippen LogP contribution in [0.15, 0.2) is 49.0 Å². The molecule has 3 aliphatic rings. The molecule has 2 aromatic carbocycles. The molecule has 1 unspecified atom stereocenters. The Morgan fingerprint density at radius 1 is 1.09 bits per heavy atom. The van der Waals surface area contributed by atoms with Gasteiger partial charge in [0.1, 0.15) is 11.6 Å². The van der Waals surface area contributed by atoms with Crippen LogP contribution in [0.25, 0.3) is 28.0 Å². The van der Waals surface area contributed by atoms with E-state index in [1.165, 1.54) is 18.1 Å². The van der Waals surface area contributed by atoms with Gasteiger partial charge < -0.3 is 16.0 Å². The number of rotatable bonds is 3. The second kappa shape index (κ2) is 7.12. The highest BCUT2D eigenvalue weighted by molar-refractivity contribution is 5.82. The summed E-state index contributed by atoms with van der Waals surface area (Å²) < 4.78 is 30.0. The summed E-state index contributed by atoms with van der Waals surface area (Å²) in [5, 5.41) is 3.16. The van der Waals surface area contributed by atoms with E-state index in [1.807, 2.05) is 12.1 Å². The Morgan fingerprint density at radius 3 is 2.61 bits per heavy atom. The van der Waals surface area contributed by atoms with Crippen LogP contribution in [0.3, 0.4) is 0 Å². The van der Waals surface area contributed by atoms with E-state index < -0.39 is 11.8 Å². The summed E-state index contributed by atoms with van der Waals surface area (Å²) in [7, 11) is 2.16. The van der Waals surface area contributed by atoms with Crippen LogP contribution < -0.4 is 11.1 Å². The van der Waals surface area contributed by atoms with Gasteiger partial charge in [-0.25, -0.2) is 9.37 Å². The SMILES string of the molecule is C=C1NCCc2cc(-c3cc(-c4ccc(C56C[C@@H]5CN(C)C6)cc4)c(F)nc3N)c(F)cc21. The van der Waals surface area contributed by atoms with Gasteiger partial charge in [0.15, 0.2) is 0 Å². The van der Waals surface area contributed by atoms with Crippen molar-refractivity contribution in [1.82, 2.24) is 15.2 Å². The van der Waals surface area contributed by atoms with Gasteiger partial charge in [-0.1, -0.05) is 30.8 Å². The molecule has 33 heavy (non-hydrogen) atoms. The number of likely N-dealkylation sites (N-methyl/N-ethyl adjacent to an activating group) is 1. The maximum atomic E-state index is 15.1. The molecule has 6 heteroatoms. The molecule has 3 aromatic rings. The van der Waals surface area contributed by atoms with Crippen LogP contribution in [0, 0.1) is 17.7 Å². The summed E-state index contributed by atoms with van der Waals surface area (Å²) in [6.45, 7) is 6.91. The first-order valence-electron chi connectivity index (χ1n) is 11.4. The number of hydrogen-bond donors (Lipinski definition) is 2. The van der Waals surface area contributed by atoms with Crippen LogP contribution in [0.1, 0.15) is 23.1 Å². The normalized spacial score (nSPS) is 23.7. The molecule has 3 N–H and O–H groups in total. The number of likely N-dealkylation sites (tertiary alicyclic amines) is 1. The highest BCUT2D eigenvalue weighted by atomic mass is 19.1. The fourth-order valence-corrected chi connectivity index (χ4v) is 5.84. The number of nitrogens with one attached hydrogen (secondary N) is 1. The van der Waals surface area contributed by atoms with Gasteiger partial charge in [0, 0.05) is 53.0 Å². The minimum Gasteiger partial charge on any atom is -0.385 e. The molecule has 0 radical (unpaired) electrons. The lowest BCUT2D eigenvalue weighted by Gasteiger charge is -2.22. The fraction of sp³-hybridized carbons (Fsp3) is 0.296. The smallest absolute Gasteiger partial charge is 0.222 e. The van der Waals surface area contributed by atoms with Crippen molar-refractivity contribution in [3.63, 3.8) is 0 Å². The van der Waals surface area contributed by atoms with Gasteiger partial charge in [0.2, 0.25) is 5.95 Å². The highest BCUT2D eigenvalue weighted by Crippen LogP contribution is 2.58. The van der Waals surface area contributed by atoms with E-state index in [9.17, 15) is 4.39 Å². The van der Waals surface area contributed by atoms with E-state index >= 15 is 4.39 Å². The molecular weight excluding hydrogens is 418 g/mol. The Labute approximate surface area is 192 Å². The predicted octanol–water partition coefficient (Wildman–Crippen LogP) is 4.60. The maximum Gasteiger partial charge on any atom is 0.222 e. The molecular formula is C27H26F2N4. The van der Waals surface area contributed by atoms with Crippen molar-refractivity contribution in [3.8, 4) is 22.3 Å². The van der Waals surface area contributed by atoms with Crippen LogP contribution >= 0.6 is 0 Å². The van der Waals surface area contributed by atoms with Gasteiger partial charge >= 0.3 is 0 Å². The van der Waals surface area contributed by atoms with Crippen LogP contribution in [-0.4, -0.2) is 36.6 Å². The zero-order valence-electron chi connectivity index (χ0n) is 18.6. The topological polar surface area (TPSA) is 54.2 Å². The summed E-state index contributed by atoms with van der Waals surface area (Å²) in [6.07, 6.45) is 1.97. The number of nitrogen functional groups attached to an aromatic ring is 1. The monoisotopic (exact) mass is 444 g/mol. The lowest BCUT2D eigenvalue weighted by molar-refractivity contribution is 0.363.